The maximum atomic E-state index is 13.5. The van der Waals surface area contributed by atoms with Crippen LogP contribution in [-0.2, 0) is 22.6 Å². The lowest BCUT2D eigenvalue weighted by molar-refractivity contribution is -0.141. The monoisotopic (exact) mass is 440 g/mol. The van der Waals surface area contributed by atoms with Crippen molar-refractivity contribution >= 4 is 23.4 Å². The molecule has 0 aromatic heterocycles. The van der Waals surface area contributed by atoms with E-state index in [-0.39, 0.29) is 24.3 Å². The minimum Gasteiger partial charge on any atom is -0.352 e. The number of nitrogens with one attached hydrogen (secondary N) is 1. The van der Waals surface area contributed by atoms with Crippen LogP contribution in [0.5, 0.6) is 0 Å². The first-order chi connectivity index (χ1) is 15.0. The summed E-state index contributed by atoms with van der Waals surface area (Å²) in [5.41, 5.74) is 2.95. The zero-order valence-electron chi connectivity index (χ0n) is 18.6. The Hall–Kier alpha value is -2.33. The molecule has 1 N–H and O–H groups in total. The molecule has 2 amide bonds. The average molecular weight is 441 g/mol. The summed E-state index contributed by atoms with van der Waals surface area (Å²) >= 11 is 6.31. The molecule has 1 aliphatic carbocycles. The molecule has 0 heterocycles. The molecule has 1 atom stereocenters. The van der Waals surface area contributed by atoms with E-state index in [1.165, 1.54) is 6.42 Å². The van der Waals surface area contributed by atoms with Crippen LogP contribution in [0.2, 0.25) is 5.02 Å². The lowest BCUT2D eigenvalue weighted by Crippen LogP contribution is -2.52. The Kier molecular flexibility index (Phi) is 8.53. The van der Waals surface area contributed by atoms with Crippen molar-refractivity contribution in [1.29, 1.82) is 0 Å². The van der Waals surface area contributed by atoms with Gasteiger partial charge in [0.15, 0.2) is 0 Å². The second-order valence-corrected chi connectivity index (χ2v) is 8.89. The Morgan fingerprint density at radius 1 is 1.03 bits per heavy atom. The molecule has 1 fully saturated rings. The maximum Gasteiger partial charge on any atom is 0.243 e. The normalized spacial score (nSPS) is 15.3. The van der Waals surface area contributed by atoms with E-state index in [2.05, 4.69) is 5.32 Å². The number of nitrogens with zero attached hydrogens (tertiary/aromatic N) is 1. The smallest absolute Gasteiger partial charge is 0.243 e. The molecule has 0 spiro atoms. The third-order valence-electron chi connectivity index (χ3n) is 6.24. The minimum atomic E-state index is -0.503. The van der Waals surface area contributed by atoms with Gasteiger partial charge in [-0.1, -0.05) is 80.3 Å². The van der Waals surface area contributed by atoms with Crippen LogP contribution in [0.25, 0.3) is 0 Å². The van der Waals surface area contributed by atoms with E-state index >= 15 is 0 Å². The van der Waals surface area contributed by atoms with E-state index in [1.807, 2.05) is 56.3 Å². The van der Waals surface area contributed by atoms with Crippen molar-refractivity contribution in [2.24, 2.45) is 0 Å². The van der Waals surface area contributed by atoms with Crippen molar-refractivity contribution in [3.63, 3.8) is 0 Å². The summed E-state index contributed by atoms with van der Waals surface area (Å²) in [6.45, 7) is 4.42. The van der Waals surface area contributed by atoms with Gasteiger partial charge in [-0.2, -0.15) is 0 Å². The second-order valence-electron chi connectivity index (χ2n) is 8.48. The number of aryl methyl sites for hydroxylation is 1. The van der Waals surface area contributed by atoms with Crippen LogP contribution in [0, 0.1) is 6.92 Å². The molecule has 0 saturated heterocycles. The first-order valence-corrected chi connectivity index (χ1v) is 11.7. The SMILES string of the molecule is CCC(C(=O)NC1CCCCC1)N(Cc1ccccc1C)C(=O)Cc1ccccc1Cl. The standard InChI is InChI=1S/C26H33ClN2O2/c1-3-24(26(31)28-22-14-5-4-6-15-22)29(18-21-13-8-7-11-19(21)2)25(30)17-20-12-9-10-16-23(20)27/h7-13,16,22,24H,3-6,14-15,17-18H2,1-2H3,(H,28,31). The Morgan fingerprint density at radius 2 is 1.68 bits per heavy atom. The van der Waals surface area contributed by atoms with Crippen LogP contribution in [0.1, 0.15) is 62.1 Å². The average Bonchev–Trinajstić information content (AvgIpc) is 2.77. The lowest BCUT2D eigenvalue weighted by atomic mass is 9.95. The highest BCUT2D eigenvalue weighted by Gasteiger charge is 2.30. The number of rotatable bonds is 8. The number of carbonyl (C=O) groups is 2. The van der Waals surface area contributed by atoms with Gasteiger partial charge >= 0.3 is 0 Å². The summed E-state index contributed by atoms with van der Waals surface area (Å²) in [7, 11) is 0. The first-order valence-electron chi connectivity index (χ1n) is 11.4. The van der Waals surface area contributed by atoms with Crippen molar-refractivity contribution in [3.8, 4) is 0 Å². The van der Waals surface area contributed by atoms with Gasteiger partial charge in [0, 0.05) is 17.6 Å². The molecular weight excluding hydrogens is 408 g/mol. The summed E-state index contributed by atoms with van der Waals surface area (Å²) in [6.07, 6.45) is 6.33. The van der Waals surface area contributed by atoms with E-state index < -0.39 is 6.04 Å². The van der Waals surface area contributed by atoms with Gasteiger partial charge in [0.2, 0.25) is 11.8 Å². The molecule has 1 aliphatic rings. The van der Waals surface area contributed by atoms with Gasteiger partial charge < -0.3 is 10.2 Å². The van der Waals surface area contributed by atoms with Gasteiger partial charge in [0.25, 0.3) is 0 Å². The molecule has 31 heavy (non-hydrogen) atoms. The zero-order chi connectivity index (χ0) is 22.2. The van der Waals surface area contributed by atoms with Gasteiger partial charge in [-0.15, -0.1) is 0 Å². The van der Waals surface area contributed by atoms with Crippen molar-refractivity contribution in [3.05, 3.63) is 70.2 Å². The Balaban J connectivity index is 1.83. The van der Waals surface area contributed by atoms with Crippen LogP contribution in [-0.4, -0.2) is 28.8 Å². The lowest BCUT2D eigenvalue weighted by Gasteiger charge is -2.33. The summed E-state index contributed by atoms with van der Waals surface area (Å²) in [5.74, 6) is -0.127. The molecule has 0 bridgehead atoms. The van der Waals surface area contributed by atoms with Gasteiger partial charge in [0.1, 0.15) is 6.04 Å². The molecule has 0 radical (unpaired) electrons. The molecule has 2 aromatic carbocycles. The molecule has 5 heteroatoms. The summed E-state index contributed by atoms with van der Waals surface area (Å²) < 4.78 is 0. The number of carbonyl (C=O) groups excluding carboxylic acids is 2. The highest BCUT2D eigenvalue weighted by molar-refractivity contribution is 6.31. The molecule has 1 saturated carbocycles. The number of amides is 2. The first kappa shape index (κ1) is 23.3. The number of halogens is 1. The quantitative estimate of drug-likeness (QED) is 0.593. The Labute approximate surface area is 191 Å². The fourth-order valence-electron chi connectivity index (χ4n) is 4.34. The fraction of sp³-hybridized carbons (Fsp3) is 0.462. The van der Waals surface area contributed by atoms with Crippen molar-refractivity contribution in [1.82, 2.24) is 10.2 Å². The zero-order valence-corrected chi connectivity index (χ0v) is 19.3. The van der Waals surface area contributed by atoms with E-state index in [0.717, 1.165) is 42.4 Å². The Morgan fingerprint density at radius 3 is 2.32 bits per heavy atom. The fourth-order valence-corrected chi connectivity index (χ4v) is 4.54. The van der Waals surface area contributed by atoms with Crippen LogP contribution in [0.4, 0.5) is 0 Å². The van der Waals surface area contributed by atoms with E-state index in [4.69, 9.17) is 11.6 Å². The van der Waals surface area contributed by atoms with Gasteiger partial charge in [-0.05, 0) is 48.9 Å². The van der Waals surface area contributed by atoms with E-state index in [9.17, 15) is 9.59 Å². The molecule has 3 rings (SSSR count). The second kappa shape index (κ2) is 11.3. The molecule has 0 aliphatic heterocycles. The summed E-state index contributed by atoms with van der Waals surface area (Å²) in [4.78, 5) is 28.5. The van der Waals surface area contributed by atoms with Gasteiger partial charge in [-0.3, -0.25) is 9.59 Å². The highest BCUT2D eigenvalue weighted by Crippen LogP contribution is 2.22. The van der Waals surface area contributed by atoms with Crippen molar-refractivity contribution < 1.29 is 9.59 Å². The molecule has 2 aromatic rings. The highest BCUT2D eigenvalue weighted by atomic mass is 35.5. The molecule has 1 unspecified atom stereocenters. The van der Waals surface area contributed by atoms with Crippen LogP contribution in [0.15, 0.2) is 48.5 Å². The van der Waals surface area contributed by atoms with Gasteiger partial charge in [0.05, 0.1) is 6.42 Å². The largest absolute Gasteiger partial charge is 0.352 e. The van der Waals surface area contributed by atoms with E-state index in [1.54, 1.807) is 11.0 Å². The predicted molar refractivity (Wildman–Crippen MR) is 126 cm³/mol. The number of benzene rings is 2. The van der Waals surface area contributed by atoms with Crippen LogP contribution in [0.3, 0.4) is 0 Å². The Bertz CT molecular complexity index is 892. The summed E-state index contributed by atoms with van der Waals surface area (Å²) in [6, 6.07) is 15.1. The predicted octanol–water partition coefficient (Wildman–Crippen LogP) is 5.45. The van der Waals surface area contributed by atoms with Gasteiger partial charge in [-0.25, -0.2) is 0 Å². The molecule has 166 valence electrons. The van der Waals surface area contributed by atoms with E-state index in [0.29, 0.717) is 18.0 Å². The number of hydrogen-bond donors (Lipinski definition) is 1. The van der Waals surface area contributed by atoms with Crippen LogP contribution >= 0.6 is 11.6 Å². The van der Waals surface area contributed by atoms with Crippen LogP contribution < -0.4 is 5.32 Å². The summed E-state index contributed by atoms with van der Waals surface area (Å²) in [5, 5.41) is 3.80. The third kappa shape index (κ3) is 6.33. The van der Waals surface area contributed by atoms with Crippen molar-refractivity contribution in [2.45, 2.75) is 77.4 Å². The van der Waals surface area contributed by atoms with Crippen molar-refractivity contribution in [2.75, 3.05) is 0 Å². The maximum absolute atomic E-state index is 13.5. The minimum absolute atomic E-state index is 0.0458. The molecular formula is C26H33ClN2O2. The topological polar surface area (TPSA) is 49.4 Å². The third-order valence-corrected chi connectivity index (χ3v) is 6.61. The number of hydrogen-bond acceptors (Lipinski definition) is 2. The molecule has 4 nitrogen and oxygen atoms in total.